The smallest absolute Gasteiger partial charge is 0.0389 e. The molecule has 32 heavy (non-hydrogen) atoms. The van der Waals surface area contributed by atoms with Gasteiger partial charge in [-0.1, -0.05) is 107 Å². The lowest BCUT2D eigenvalue weighted by atomic mass is 9.70. The molecule has 0 bridgehead atoms. The molecule has 0 nitrogen and oxygen atoms in total. The van der Waals surface area contributed by atoms with Gasteiger partial charge in [-0.15, -0.1) is 11.3 Å². The Hall–Kier alpha value is -1.86. The summed E-state index contributed by atoms with van der Waals surface area (Å²) < 4.78 is 0. The van der Waals surface area contributed by atoms with Crippen molar-refractivity contribution in [2.75, 3.05) is 0 Å². The van der Waals surface area contributed by atoms with Gasteiger partial charge in [0, 0.05) is 15.2 Å². The maximum atomic E-state index is 2.56. The molecule has 0 fully saturated rings. The van der Waals surface area contributed by atoms with E-state index in [2.05, 4.69) is 76.2 Å². The highest BCUT2D eigenvalue weighted by Crippen LogP contribution is 2.57. The van der Waals surface area contributed by atoms with Crippen molar-refractivity contribution >= 4 is 11.3 Å². The van der Waals surface area contributed by atoms with Gasteiger partial charge in [-0.3, -0.25) is 0 Å². The molecule has 0 saturated carbocycles. The van der Waals surface area contributed by atoms with Crippen molar-refractivity contribution in [1.29, 1.82) is 0 Å². The maximum Gasteiger partial charge on any atom is 0.0389 e. The SMILES string of the molecule is CCCCCCC1(CCCCCC)c2cc(-c3ccc(C)cc3)ccc2-c2sc(C)cc21. The van der Waals surface area contributed by atoms with Crippen molar-refractivity contribution < 1.29 is 0 Å². The fourth-order valence-electron chi connectivity index (χ4n) is 5.65. The molecule has 2 aromatic carbocycles. The Balaban J connectivity index is 1.77. The Labute approximate surface area is 200 Å². The Kier molecular flexibility index (Phi) is 7.56. The van der Waals surface area contributed by atoms with Gasteiger partial charge < -0.3 is 0 Å². The van der Waals surface area contributed by atoms with Crippen LogP contribution in [-0.2, 0) is 5.41 Å². The quantitative estimate of drug-likeness (QED) is 0.258. The molecule has 1 aliphatic rings. The maximum absolute atomic E-state index is 2.56. The Morgan fingerprint density at radius 2 is 1.28 bits per heavy atom. The van der Waals surface area contributed by atoms with Crippen LogP contribution in [0.1, 0.15) is 99.6 Å². The normalized spacial score (nSPS) is 13.9. The van der Waals surface area contributed by atoms with Crippen molar-refractivity contribution in [2.45, 2.75) is 97.3 Å². The number of hydrogen-bond acceptors (Lipinski definition) is 1. The van der Waals surface area contributed by atoms with E-state index >= 15 is 0 Å². The van der Waals surface area contributed by atoms with Crippen molar-refractivity contribution in [3.05, 3.63) is 70.1 Å². The molecule has 0 aliphatic heterocycles. The fraction of sp³-hybridized carbons (Fsp3) is 0.484. The molecule has 0 amide bonds. The summed E-state index contributed by atoms with van der Waals surface area (Å²) in [6.45, 7) is 9.10. The zero-order valence-corrected chi connectivity index (χ0v) is 21.4. The number of hydrogen-bond donors (Lipinski definition) is 0. The van der Waals surface area contributed by atoms with Crippen LogP contribution in [0.4, 0.5) is 0 Å². The summed E-state index contributed by atoms with van der Waals surface area (Å²) in [5, 5.41) is 0. The second-order valence-corrected chi connectivity index (χ2v) is 11.2. The van der Waals surface area contributed by atoms with Gasteiger partial charge in [-0.2, -0.15) is 0 Å². The third kappa shape index (κ3) is 4.60. The second-order valence-electron chi connectivity index (χ2n) is 9.93. The molecule has 0 atom stereocenters. The first kappa shape index (κ1) is 23.3. The van der Waals surface area contributed by atoms with Crippen LogP contribution in [0.3, 0.4) is 0 Å². The average Bonchev–Trinajstić information content (AvgIpc) is 3.30. The number of fused-ring (bicyclic) bond motifs is 3. The summed E-state index contributed by atoms with van der Waals surface area (Å²) in [5.41, 5.74) is 9.03. The highest BCUT2D eigenvalue weighted by atomic mass is 32.1. The number of thiophene rings is 1. The fourth-order valence-corrected chi connectivity index (χ4v) is 6.80. The van der Waals surface area contributed by atoms with Gasteiger partial charge in [-0.05, 0) is 66.6 Å². The van der Waals surface area contributed by atoms with Gasteiger partial charge in [-0.25, -0.2) is 0 Å². The molecule has 4 rings (SSSR count). The van der Waals surface area contributed by atoms with Gasteiger partial charge in [0.25, 0.3) is 0 Å². The highest BCUT2D eigenvalue weighted by Gasteiger charge is 2.43. The van der Waals surface area contributed by atoms with E-state index in [1.807, 2.05) is 11.3 Å². The standard InChI is InChI=1S/C31H40S/c1-5-7-9-11-19-31(20-12-10-8-6-2)28-22-26(25-15-13-23(3)14-16-25)17-18-27(28)30-29(31)21-24(4)32-30/h13-18,21-22H,5-12,19-20H2,1-4H3. The van der Waals surface area contributed by atoms with Gasteiger partial charge in [0.2, 0.25) is 0 Å². The molecule has 0 saturated heterocycles. The van der Waals surface area contributed by atoms with Crippen LogP contribution in [-0.4, -0.2) is 0 Å². The predicted octanol–water partition coefficient (Wildman–Crippen LogP) is 10.2. The number of unbranched alkanes of at least 4 members (excludes halogenated alkanes) is 6. The summed E-state index contributed by atoms with van der Waals surface area (Å²) in [5.74, 6) is 0. The third-order valence-corrected chi connectivity index (χ3v) is 8.53. The minimum Gasteiger partial charge on any atom is -0.140 e. The first-order valence-electron chi connectivity index (χ1n) is 12.9. The molecule has 1 heteroatoms. The minimum atomic E-state index is 0.206. The molecule has 0 unspecified atom stereocenters. The molecule has 1 aromatic heterocycles. The Bertz CT molecular complexity index is 1010. The second kappa shape index (κ2) is 10.4. The van der Waals surface area contributed by atoms with Crippen LogP contribution in [0.15, 0.2) is 48.5 Å². The molecule has 1 heterocycles. The average molecular weight is 445 g/mol. The third-order valence-electron chi connectivity index (χ3n) is 7.45. The topological polar surface area (TPSA) is 0 Å². The summed E-state index contributed by atoms with van der Waals surface area (Å²) in [4.78, 5) is 3.02. The zero-order chi connectivity index (χ0) is 22.6. The summed E-state index contributed by atoms with van der Waals surface area (Å²) in [6, 6.07) is 18.9. The van der Waals surface area contributed by atoms with Crippen LogP contribution in [0.2, 0.25) is 0 Å². The lowest BCUT2D eigenvalue weighted by Gasteiger charge is -2.32. The Morgan fingerprint density at radius 1 is 0.656 bits per heavy atom. The lowest BCUT2D eigenvalue weighted by Crippen LogP contribution is -2.25. The highest BCUT2D eigenvalue weighted by molar-refractivity contribution is 7.15. The molecular formula is C31H40S. The lowest BCUT2D eigenvalue weighted by molar-refractivity contribution is 0.401. The van der Waals surface area contributed by atoms with Crippen molar-refractivity contribution in [3.8, 4) is 21.6 Å². The van der Waals surface area contributed by atoms with E-state index < -0.39 is 0 Å². The first-order valence-corrected chi connectivity index (χ1v) is 13.7. The van der Waals surface area contributed by atoms with Crippen LogP contribution >= 0.6 is 11.3 Å². The van der Waals surface area contributed by atoms with Crippen molar-refractivity contribution in [2.24, 2.45) is 0 Å². The summed E-state index contributed by atoms with van der Waals surface area (Å²) in [6.07, 6.45) is 13.3. The van der Waals surface area contributed by atoms with Gasteiger partial charge in [0.05, 0.1) is 0 Å². The molecule has 0 spiro atoms. The van der Waals surface area contributed by atoms with E-state index in [0.717, 1.165) is 0 Å². The molecular weight excluding hydrogens is 404 g/mol. The van der Waals surface area contributed by atoms with Crippen LogP contribution in [0.5, 0.6) is 0 Å². The summed E-state index contributed by atoms with van der Waals surface area (Å²) >= 11 is 2.01. The van der Waals surface area contributed by atoms with E-state index in [0.29, 0.717) is 0 Å². The van der Waals surface area contributed by atoms with E-state index in [-0.39, 0.29) is 5.41 Å². The van der Waals surface area contributed by atoms with Gasteiger partial charge in [0.15, 0.2) is 0 Å². The van der Waals surface area contributed by atoms with Crippen molar-refractivity contribution in [3.63, 3.8) is 0 Å². The molecule has 0 radical (unpaired) electrons. The van der Waals surface area contributed by atoms with E-state index in [1.54, 1.807) is 16.0 Å². The van der Waals surface area contributed by atoms with E-state index in [9.17, 15) is 0 Å². The van der Waals surface area contributed by atoms with E-state index in [4.69, 9.17) is 0 Å². The number of rotatable bonds is 11. The van der Waals surface area contributed by atoms with Gasteiger partial charge >= 0.3 is 0 Å². The molecule has 1 aliphatic carbocycles. The zero-order valence-electron chi connectivity index (χ0n) is 20.6. The monoisotopic (exact) mass is 444 g/mol. The van der Waals surface area contributed by atoms with E-state index in [1.165, 1.54) is 91.3 Å². The summed E-state index contributed by atoms with van der Waals surface area (Å²) in [7, 11) is 0. The van der Waals surface area contributed by atoms with Crippen LogP contribution in [0, 0.1) is 13.8 Å². The largest absolute Gasteiger partial charge is 0.140 e. The molecule has 3 aromatic rings. The number of aryl methyl sites for hydroxylation is 2. The first-order chi connectivity index (χ1) is 15.6. The Morgan fingerprint density at radius 3 is 1.91 bits per heavy atom. The minimum absolute atomic E-state index is 0.206. The molecule has 170 valence electrons. The van der Waals surface area contributed by atoms with Crippen LogP contribution in [0.25, 0.3) is 21.6 Å². The predicted molar refractivity (Wildman–Crippen MR) is 143 cm³/mol. The van der Waals surface area contributed by atoms with Gasteiger partial charge in [0.1, 0.15) is 0 Å². The van der Waals surface area contributed by atoms with Crippen molar-refractivity contribution in [1.82, 2.24) is 0 Å². The number of benzene rings is 2. The van der Waals surface area contributed by atoms with Crippen LogP contribution < -0.4 is 0 Å². The molecule has 0 N–H and O–H groups in total.